The molecule has 1 amide bonds. The van der Waals surface area contributed by atoms with Crippen molar-refractivity contribution in [2.24, 2.45) is 13.0 Å². The molecule has 2 aliphatic heterocycles. The Bertz CT molecular complexity index is 754. The smallest absolute Gasteiger partial charge is 0.287 e. The first kappa shape index (κ1) is 17.2. The van der Waals surface area contributed by atoms with Crippen molar-refractivity contribution in [2.75, 3.05) is 26.2 Å². The molecule has 2 aromatic heterocycles. The third kappa shape index (κ3) is 3.37. The van der Waals surface area contributed by atoms with Crippen LogP contribution in [0.15, 0.2) is 36.8 Å². The maximum atomic E-state index is 12.2. The normalized spacial score (nSPS) is 21.7. The molecule has 7 heteroatoms. The second-order valence-corrected chi connectivity index (χ2v) is 7.27. The minimum Gasteiger partial charge on any atom is -0.372 e. The number of amides is 1. The zero-order valence-corrected chi connectivity index (χ0v) is 15.1. The van der Waals surface area contributed by atoms with Crippen molar-refractivity contribution in [3.8, 4) is 0 Å². The van der Waals surface area contributed by atoms with E-state index in [9.17, 15) is 4.79 Å². The molecule has 7 nitrogen and oxygen atoms in total. The van der Waals surface area contributed by atoms with Crippen molar-refractivity contribution in [3.63, 3.8) is 0 Å². The highest BCUT2D eigenvalue weighted by molar-refractivity contribution is 5.90. The Morgan fingerprint density at radius 3 is 2.96 bits per heavy atom. The van der Waals surface area contributed by atoms with Crippen molar-refractivity contribution < 1.29 is 9.53 Å². The van der Waals surface area contributed by atoms with Gasteiger partial charge in [0, 0.05) is 58.4 Å². The first-order valence-electron chi connectivity index (χ1n) is 9.18. The van der Waals surface area contributed by atoms with E-state index in [1.165, 1.54) is 0 Å². The van der Waals surface area contributed by atoms with Crippen LogP contribution in [-0.4, -0.2) is 57.2 Å². The number of ether oxygens (including phenoxy) is 1. The summed E-state index contributed by atoms with van der Waals surface area (Å²) in [6, 6.07) is 6.03. The molecular formula is C19H25N5O2. The summed E-state index contributed by atoms with van der Waals surface area (Å²) in [5.74, 6) is 0.826. The van der Waals surface area contributed by atoms with Gasteiger partial charge in [0.1, 0.15) is 0 Å². The van der Waals surface area contributed by atoms with Gasteiger partial charge in [-0.1, -0.05) is 6.07 Å². The number of hydrogen-bond donors (Lipinski definition) is 1. The number of likely N-dealkylation sites (tertiary alicyclic amines) is 1. The van der Waals surface area contributed by atoms with Gasteiger partial charge in [-0.3, -0.25) is 14.7 Å². The first-order valence-corrected chi connectivity index (χ1v) is 9.18. The van der Waals surface area contributed by atoms with E-state index in [2.05, 4.69) is 26.3 Å². The van der Waals surface area contributed by atoms with E-state index >= 15 is 0 Å². The summed E-state index contributed by atoms with van der Waals surface area (Å²) in [4.78, 5) is 23.0. The lowest BCUT2D eigenvalue weighted by atomic mass is 9.79. The van der Waals surface area contributed by atoms with Crippen LogP contribution in [0, 0.1) is 5.92 Å². The van der Waals surface area contributed by atoms with Gasteiger partial charge in [-0.15, -0.1) is 0 Å². The summed E-state index contributed by atoms with van der Waals surface area (Å²) in [6.45, 7) is 4.23. The van der Waals surface area contributed by atoms with Gasteiger partial charge in [-0.2, -0.15) is 0 Å². The van der Waals surface area contributed by atoms with E-state index < -0.39 is 0 Å². The van der Waals surface area contributed by atoms with E-state index in [-0.39, 0.29) is 11.5 Å². The molecule has 2 aliphatic rings. The minimum absolute atomic E-state index is 0.0390. The van der Waals surface area contributed by atoms with Crippen LogP contribution in [0.3, 0.4) is 0 Å². The molecule has 1 N–H and O–H groups in total. The van der Waals surface area contributed by atoms with Gasteiger partial charge in [-0.05, 0) is 30.9 Å². The topological polar surface area (TPSA) is 72.3 Å². The second-order valence-electron chi connectivity index (χ2n) is 7.27. The molecule has 4 rings (SSSR count). The fourth-order valence-electron chi connectivity index (χ4n) is 4.11. The van der Waals surface area contributed by atoms with Crippen molar-refractivity contribution in [3.05, 3.63) is 48.3 Å². The number of rotatable bonds is 6. The van der Waals surface area contributed by atoms with Gasteiger partial charge in [-0.25, -0.2) is 4.98 Å². The van der Waals surface area contributed by atoms with Crippen molar-refractivity contribution in [1.29, 1.82) is 0 Å². The Balaban J connectivity index is 1.26. The monoisotopic (exact) mass is 355 g/mol. The molecule has 0 radical (unpaired) electrons. The standard InChI is InChI=1S/C19H25N5O2/c1-23-10-9-21-17(23)18(25)22-8-5-15-6-11-26-19(15)13-24(14-19)12-16-4-2-3-7-20-16/h2-4,7,9-10,15H,5-6,8,11-14H2,1H3,(H,22,25)/t15-/m1/s1. The number of aryl methyl sites for hydroxylation is 1. The summed E-state index contributed by atoms with van der Waals surface area (Å²) >= 11 is 0. The van der Waals surface area contributed by atoms with E-state index in [1.807, 2.05) is 25.4 Å². The van der Waals surface area contributed by atoms with Crippen LogP contribution in [-0.2, 0) is 18.3 Å². The Labute approximate surface area is 153 Å². The van der Waals surface area contributed by atoms with Crippen molar-refractivity contribution in [1.82, 2.24) is 24.8 Å². The maximum Gasteiger partial charge on any atom is 0.287 e. The number of carbonyl (C=O) groups excluding carboxylic acids is 1. The molecule has 138 valence electrons. The summed E-state index contributed by atoms with van der Waals surface area (Å²) < 4.78 is 7.85. The van der Waals surface area contributed by atoms with Crippen LogP contribution in [0.1, 0.15) is 29.2 Å². The molecular weight excluding hydrogens is 330 g/mol. The SMILES string of the molecule is Cn1ccnc1C(=O)NCC[C@@H]1CCOC12CN(Cc1ccccn1)C2. The summed E-state index contributed by atoms with van der Waals surface area (Å²) in [5.41, 5.74) is 1.06. The highest BCUT2D eigenvalue weighted by atomic mass is 16.5. The van der Waals surface area contributed by atoms with E-state index in [4.69, 9.17) is 4.74 Å². The minimum atomic E-state index is -0.115. The van der Waals surface area contributed by atoms with Gasteiger partial charge in [0.2, 0.25) is 0 Å². The molecule has 2 aromatic rings. The molecule has 1 atom stereocenters. The number of nitrogens with one attached hydrogen (secondary N) is 1. The fraction of sp³-hybridized carbons (Fsp3) is 0.526. The van der Waals surface area contributed by atoms with Crippen molar-refractivity contribution in [2.45, 2.75) is 25.0 Å². The highest BCUT2D eigenvalue weighted by Crippen LogP contribution is 2.41. The molecule has 0 unspecified atom stereocenters. The summed E-state index contributed by atoms with van der Waals surface area (Å²) in [5, 5.41) is 2.99. The number of hydrogen-bond acceptors (Lipinski definition) is 5. The maximum absolute atomic E-state index is 12.2. The van der Waals surface area contributed by atoms with Gasteiger partial charge in [0.05, 0.1) is 11.3 Å². The third-order valence-corrected chi connectivity index (χ3v) is 5.50. The van der Waals surface area contributed by atoms with Gasteiger partial charge >= 0.3 is 0 Å². The lowest BCUT2D eigenvalue weighted by molar-refractivity contribution is -0.137. The number of carbonyl (C=O) groups is 1. The largest absolute Gasteiger partial charge is 0.372 e. The lowest BCUT2D eigenvalue weighted by Gasteiger charge is -2.50. The highest BCUT2D eigenvalue weighted by Gasteiger charge is 2.52. The zero-order valence-electron chi connectivity index (χ0n) is 15.1. The first-order chi connectivity index (χ1) is 12.7. The van der Waals surface area contributed by atoms with Crippen LogP contribution in [0.4, 0.5) is 0 Å². The molecule has 2 fully saturated rings. The summed E-state index contributed by atoms with van der Waals surface area (Å²) in [6.07, 6.45) is 7.26. The van der Waals surface area contributed by atoms with Crippen LogP contribution in [0.5, 0.6) is 0 Å². The van der Waals surface area contributed by atoms with Crippen LogP contribution >= 0.6 is 0 Å². The van der Waals surface area contributed by atoms with Gasteiger partial charge in [0.25, 0.3) is 5.91 Å². The lowest BCUT2D eigenvalue weighted by Crippen LogP contribution is -2.64. The Morgan fingerprint density at radius 2 is 2.23 bits per heavy atom. The molecule has 0 aliphatic carbocycles. The molecule has 26 heavy (non-hydrogen) atoms. The predicted molar refractivity (Wildman–Crippen MR) is 96.5 cm³/mol. The molecule has 0 aromatic carbocycles. The van der Waals surface area contributed by atoms with Crippen LogP contribution in [0.2, 0.25) is 0 Å². The molecule has 1 spiro atoms. The van der Waals surface area contributed by atoms with E-state index in [0.29, 0.717) is 18.3 Å². The number of imidazole rings is 1. The van der Waals surface area contributed by atoms with Gasteiger partial charge < -0.3 is 14.6 Å². The average Bonchev–Trinajstić information content (AvgIpc) is 3.22. The number of nitrogens with zero attached hydrogens (tertiary/aromatic N) is 4. The van der Waals surface area contributed by atoms with Crippen LogP contribution in [0.25, 0.3) is 0 Å². The van der Waals surface area contributed by atoms with Crippen molar-refractivity contribution >= 4 is 5.91 Å². The Kier molecular flexibility index (Phi) is 4.74. The van der Waals surface area contributed by atoms with Gasteiger partial charge in [0.15, 0.2) is 5.82 Å². The molecule has 0 saturated carbocycles. The van der Waals surface area contributed by atoms with Crippen LogP contribution < -0.4 is 5.32 Å². The zero-order chi connectivity index (χ0) is 18.0. The predicted octanol–water partition coefficient (Wildman–Crippen LogP) is 1.23. The van der Waals surface area contributed by atoms with E-state index in [1.54, 1.807) is 17.0 Å². The quantitative estimate of drug-likeness (QED) is 0.844. The fourth-order valence-corrected chi connectivity index (χ4v) is 4.11. The summed E-state index contributed by atoms with van der Waals surface area (Å²) in [7, 11) is 1.83. The number of aromatic nitrogens is 3. The second kappa shape index (κ2) is 7.17. The third-order valence-electron chi connectivity index (χ3n) is 5.50. The number of pyridine rings is 1. The molecule has 2 saturated heterocycles. The Hall–Kier alpha value is -2.25. The average molecular weight is 355 g/mol. The molecule has 4 heterocycles. The molecule has 0 bridgehead atoms. The van der Waals surface area contributed by atoms with E-state index in [0.717, 1.165) is 44.8 Å². The Morgan fingerprint density at radius 1 is 1.35 bits per heavy atom.